The van der Waals surface area contributed by atoms with E-state index in [4.69, 9.17) is 28.4 Å². The van der Waals surface area contributed by atoms with Crippen LogP contribution >= 0.6 is 0 Å². The summed E-state index contributed by atoms with van der Waals surface area (Å²) in [5.74, 6) is 0.400. The van der Waals surface area contributed by atoms with Crippen molar-refractivity contribution in [1.82, 2.24) is 0 Å². The molecule has 3 aromatic rings. The first-order valence-electron chi connectivity index (χ1n) is 17.9. The van der Waals surface area contributed by atoms with Crippen molar-refractivity contribution in [2.24, 2.45) is 0 Å². The molecule has 3 aromatic carbocycles. The van der Waals surface area contributed by atoms with E-state index in [0.717, 1.165) is 32.1 Å². The molecule has 0 amide bonds. The van der Waals surface area contributed by atoms with Crippen molar-refractivity contribution in [1.29, 1.82) is 0 Å². The molecule has 1 fully saturated rings. The van der Waals surface area contributed by atoms with Gasteiger partial charge in [0.1, 0.15) is 29.1 Å². The van der Waals surface area contributed by atoms with Gasteiger partial charge in [0.2, 0.25) is 6.29 Å². The third-order valence-corrected chi connectivity index (χ3v) is 8.23. The normalized spacial score (nSPS) is 14.9. The van der Waals surface area contributed by atoms with Gasteiger partial charge in [-0.25, -0.2) is 14.4 Å². The van der Waals surface area contributed by atoms with E-state index >= 15 is 0 Å². The molecule has 264 valence electrons. The molecule has 1 heterocycles. The van der Waals surface area contributed by atoms with Crippen LogP contribution in [-0.4, -0.2) is 37.1 Å². The van der Waals surface area contributed by atoms with Gasteiger partial charge >= 0.3 is 18.1 Å². The summed E-state index contributed by atoms with van der Waals surface area (Å²) in [5, 5.41) is 0. The number of hydrogen-bond acceptors (Lipinski definition) is 9. The summed E-state index contributed by atoms with van der Waals surface area (Å²) in [4.78, 5) is 37.4. The number of benzene rings is 3. The number of ether oxygens (including phenoxy) is 6. The summed E-state index contributed by atoms with van der Waals surface area (Å²) in [6.07, 6.45) is 15.1. The Hall–Kier alpha value is -4.37. The van der Waals surface area contributed by atoms with E-state index in [1.165, 1.54) is 106 Å². The van der Waals surface area contributed by atoms with Crippen molar-refractivity contribution in [2.75, 3.05) is 6.61 Å². The van der Waals surface area contributed by atoms with Gasteiger partial charge in [-0.15, -0.1) is 0 Å². The molecule has 0 radical (unpaired) electrons. The SMILES string of the molecule is CCCCCCCCC[C@@H]1O[C@@H]1OC(=O)Oc1ccc(OC(=O)c2ccc(OC(=O)c3ccc(OCCCCCCCC)cc3)cc2)cc1. The predicted octanol–water partition coefficient (Wildman–Crippen LogP) is 10.2. The lowest BCUT2D eigenvalue weighted by atomic mass is 10.1. The van der Waals surface area contributed by atoms with Crippen LogP contribution in [-0.2, 0) is 9.47 Å². The molecule has 0 aromatic heterocycles. The highest BCUT2D eigenvalue weighted by Crippen LogP contribution is 2.29. The maximum atomic E-state index is 12.7. The van der Waals surface area contributed by atoms with Crippen molar-refractivity contribution in [3.63, 3.8) is 0 Å². The fourth-order valence-electron chi connectivity index (χ4n) is 5.28. The van der Waals surface area contributed by atoms with E-state index in [1.54, 1.807) is 24.3 Å². The highest BCUT2D eigenvalue weighted by molar-refractivity contribution is 5.92. The van der Waals surface area contributed by atoms with Crippen LogP contribution in [0.25, 0.3) is 0 Å². The second-order valence-electron chi connectivity index (χ2n) is 12.3. The molecule has 1 saturated heterocycles. The molecule has 0 N–H and O–H groups in total. The van der Waals surface area contributed by atoms with Gasteiger partial charge in [0.05, 0.1) is 17.7 Å². The fourth-order valence-corrected chi connectivity index (χ4v) is 5.28. The first-order valence-corrected chi connectivity index (χ1v) is 17.9. The van der Waals surface area contributed by atoms with Gasteiger partial charge in [-0.2, -0.15) is 0 Å². The predicted molar refractivity (Wildman–Crippen MR) is 186 cm³/mol. The Labute approximate surface area is 290 Å². The minimum Gasteiger partial charge on any atom is -0.494 e. The molecule has 2 atom stereocenters. The van der Waals surface area contributed by atoms with Crippen LogP contribution in [0.3, 0.4) is 0 Å². The molecular weight excluding hydrogens is 624 g/mol. The third kappa shape index (κ3) is 13.9. The fraction of sp³-hybridized carbons (Fsp3) is 0.475. The average Bonchev–Trinajstić information content (AvgIpc) is 3.85. The molecule has 0 bridgehead atoms. The van der Waals surface area contributed by atoms with E-state index in [2.05, 4.69) is 13.8 Å². The lowest BCUT2D eigenvalue weighted by molar-refractivity contribution is 0.0559. The van der Waals surface area contributed by atoms with Crippen LogP contribution in [0.4, 0.5) is 4.79 Å². The molecule has 0 aliphatic carbocycles. The molecule has 9 heteroatoms. The molecule has 9 nitrogen and oxygen atoms in total. The van der Waals surface area contributed by atoms with E-state index in [9.17, 15) is 14.4 Å². The van der Waals surface area contributed by atoms with Crippen LogP contribution in [0.5, 0.6) is 23.0 Å². The molecule has 49 heavy (non-hydrogen) atoms. The summed E-state index contributed by atoms with van der Waals surface area (Å²) in [7, 11) is 0. The monoisotopic (exact) mass is 674 g/mol. The lowest BCUT2D eigenvalue weighted by Gasteiger charge is -2.09. The van der Waals surface area contributed by atoms with Gasteiger partial charge in [-0.3, -0.25) is 0 Å². The zero-order chi connectivity index (χ0) is 34.7. The number of unbranched alkanes of at least 4 members (excludes halogenated alkanes) is 11. The van der Waals surface area contributed by atoms with Gasteiger partial charge in [0, 0.05) is 0 Å². The van der Waals surface area contributed by atoms with Crippen LogP contribution in [0.1, 0.15) is 124 Å². The average molecular weight is 675 g/mol. The Balaban J connectivity index is 1.12. The summed E-state index contributed by atoms with van der Waals surface area (Å²) in [5.41, 5.74) is 0.658. The first kappa shape index (κ1) is 37.4. The van der Waals surface area contributed by atoms with Crippen molar-refractivity contribution in [3.05, 3.63) is 83.9 Å². The number of hydrogen-bond donors (Lipinski definition) is 0. The number of esters is 2. The van der Waals surface area contributed by atoms with Gasteiger partial charge in [-0.05, 0) is 85.6 Å². The van der Waals surface area contributed by atoms with Crippen molar-refractivity contribution >= 4 is 18.1 Å². The van der Waals surface area contributed by atoms with Gasteiger partial charge in [-0.1, -0.05) is 90.9 Å². The Morgan fingerprint density at radius 3 is 1.49 bits per heavy atom. The number of carbonyl (C=O) groups is 3. The molecular formula is C40H50O9. The molecule has 0 unspecified atom stereocenters. The zero-order valence-corrected chi connectivity index (χ0v) is 28.9. The first-order chi connectivity index (χ1) is 23.9. The second-order valence-corrected chi connectivity index (χ2v) is 12.3. The van der Waals surface area contributed by atoms with Crippen LogP contribution in [0, 0.1) is 0 Å². The van der Waals surface area contributed by atoms with Crippen LogP contribution < -0.4 is 18.9 Å². The minimum atomic E-state index is -0.845. The number of epoxide rings is 1. The smallest absolute Gasteiger partial charge is 0.494 e. The summed E-state index contributed by atoms with van der Waals surface area (Å²) >= 11 is 0. The van der Waals surface area contributed by atoms with Crippen LogP contribution in [0.15, 0.2) is 72.8 Å². The maximum Gasteiger partial charge on any atom is 0.516 e. The molecule has 0 spiro atoms. The molecule has 1 aliphatic rings. The maximum absolute atomic E-state index is 12.7. The van der Waals surface area contributed by atoms with Gasteiger partial charge in [0.25, 0.3) is 0 Å². The molecule has 1 aliphatic heterocycles. The lowest BCUT2D eigenvalue weighted by Crippen LogP contribution is -2.14. The third-order valence-electron chi connectivity index (χ3n) is 8.23. The topological polar surface area (TPSA) is 110 Å². The number of carbonyl (C=O) groups excluding carboxylic acids is 3. The Kier molecular flexibility index (Phi) is 16.0. The van der Waals surface area contributed by atoms with E-state index in [0.29, 0.717) is 23.7 Å². The van der Waals surface area contributed by atoms with Gasteiger partial charge < -0.3 is 28.4 Å². The van der Waals surface area contributed by atoms with E-state index < -0.39 is 24.4 Å². The van der Waals surface area contributed by atoms with Crippen molar-refractivity contribution in [2.45, 2.75) is 116 Å². The van der Waals surface area contributed by atoms with E-state index in [1.807, 2.05) is 0 Å². The highest BCUT2D eigenvalue weighted by atomic mass is 16.8. The largest absolute Gasteiger partial charge is 0.516 e. The van der Waals surface area contributed by atoms with Crippen LogP contribution in [0.2, 0.25) is 0 Å². The van der Waals surface area contributed by atoms with Gasteiger partial charge in [0.15, 0.2) is 0 Å². The Morgan fingerprint density at radius 1 is 0.531 bits per heavy atom. The number of rotatable bonds is 22. The summed E-state index contributed by atoms with van der Waals surface area (Å²) < 4.78 is 32.6. The summed E-state index contributed by atoms with van der Waals surface area (Å²) in [6, 6.07) is 19.0. The zero-order valence-electron chi connectivity index (χ0n) is 28.9. The Morgan fingerprint density at radius 2 is 0.959 bits per heavy atom. The van der Waals surface area contributed by atoms with Crippen molar-refractivity contribution in [3.8, 4) is 23.0 Å². The highest BCUT2D eigenvalue weighted by Gasteiger charge is 2.42. The second kappa shape index (κ2) is 20.9. The van der Waals surface area contributed by atoms with E-state index in [-0.39, 0.29) is 23.2 Å². The standard InChI is InChI=1S/C40H50O9/c1-3-5-7-9-11-12-14-16-36-39(48-36)49-40(43)47-35-27-25-34(26-28-35)46-38(42)31-19-23-33(24-20-31)45-37(41)30-17-21-32(22-18-30)44-29-15-13-10-8-6-4-2/h17-28,36,39H,3-16,29H2,1-2H3/t36-,39+/m0/s1. The summed E-state index contributed by atoms with van der Waals surface area (Å²) in [6.45, 7) is 5.07. The minimum absolute atomic E-state index is 0.0664. The Bertz CT molecular complexity index is 1420. The molecule has 4 rings (SSSR count). The quantitative estimate of drug-likeness (QED) is 0.0338. The van der Waals surface area contributed by atoms with Crippen molar-refractivity contribution < 1.29 is 42.8 Å². The molecule has 0 saturated carbocycles.